The number of aliphatic imine (C=N–C) groups is 1. The van der Waals surface area contributed by atoms with E-state index in [0.717, 1.165) is 56.5 Å². The summed E-state index contributed by atoms with van der Waals surface area (Å²) in [5, 5.41) is 6.83. The quantitative estimate of drug-likeness (QED) is 0.282. The van der Waals surface area contributed by atoms with Gasteiger partial charge in [-0.25, -0.2) is 4.99 Å². The second-order valence-electron chi connectivity index (χ2n) is 7.36. The Kier molecular flexibility index (Phi) is 12.6. The SMILES string of the molecule is CCNC(=NCc1ccc(C)cc1OC1CCOC1)NCC(C)N(CC)CC.I. The standard InChI is InChI=1S/C22H38N4O2.HI/c1-6-23-22(24-14-18(5)26(7-2)8-3)25-15-19-10-9-17(4)13-21(19)28-20-11-12-27-16-20;/h9-10,13,18,20H,6-8,11-12,14-16H2,1-5H3,(H2,23,24,25);1H. The number of rotatable bonds is 10. The Morgan fingerprint density at radius 1 is 1.28 bits per heavy atom. The average Bonchev–Trinajstić information content (AvgIpc) is 3.19. The van der Waals surface area contributed by atoms with Gasteiger partial charge < -0.3 is 20.1 Å². The maximum Gasteiger partial charge on any atom is 0.191 e. The predicted octanol–water partition coefficient (Wildman–Crippen LogP) is 3.57. The van der Waals surface area contributed by atoms with Crippen molar-refractivity contribution in [3.05, 3.63) is 29.3 Å². The summed E-state index contributed by atoms with van der Waals surface area (Å²) >= 11 is 0. The lowest BCUT2D eigenvalue weighted by molar-refractivity contribution is 0.140. The minimum atomic E-state index is 0. The Morgan fingerprint density at radius 3 is 2.66 bits per heavy atom. The van der Waals surface area contributed by atoms with E-state index < -0.39 is 0 Å². The molecule has 6 nitrogen and oxygen atoms in total. The molecule has 0 spiro atoms. The molecule has 1 heterocycles. The minimum Gasteiger partial charge on any atom is -0.488 e. The van der Waals surface area contributed by atoms with Crippen molar-refractivity contribution in [1.29, 1.82) is 0 Å². The van der Waals surface area contributed by atoms with Gasteiger partial charge in [0.15, 0.2) is 5.96 Å². The molecule has 0 bridgehead atoms. The molecule has 29 heavy (non-hydrogen) atoms. The van der Waals surface area contributed by atoms with Crippen molar-refractivity contribution in [3.8, 4) is 5.75 Å². The van der Waals surface area contributed by atoms with Crippen molar-refractivity contribution in [1.82, 2.24) is 15.5 Å². The molecule has 0 aliphatic carbocycles. The number of benzene rings is 1. The first kappa shape index (κ1) is 26.0. The maximum atomic E-state index is 6.20. The van der Waals surface area contributed by atoms with Crippen LogP contribution in [0.25, 0.3) is 0 Å². The van der Waals surface area contributed by atoms with Gasteiger partial charge in [0, 0.05) is 31.1 Å². The molecule has 1 aromatic rings. The predicted molar refractivity (Wildman–Crippen MR) is 132 cm³/mol. The van der Waals surface area contributed by atoms with Crippen LogP contribution in [-0.4, -0.2) is 62.4 Å². The van der Waals surface area contributed by atoms with Crippen molar-refractivity contribution < 1.29 is 9.47 Å². The number of nitrogens with one attached hydrogen (secondary N) is 2. The number of aryl methyl sites for hydroxylation is 1. The van der Waals surface area contributed by atoms with Crippen molar-refractivity contribution in [2.24, 2.45) is 4.99 Å². The molecule has 0 saturated carbocycles. The summed E-state index contributed by atoms with van der Waals surface area (Å²) in [6.07, 6.45) is 1.09. The number of halogens is 1. The van der Waals surface area contributed by atoms with Crippen molar-refractivity contribution in [3.63, 3.8) is 0 Å². The maximum absolute atomic E-state index is 6.20. The van der Waals surface area contributed by atoms with Gasteiger partial charge in [0.1, 0.15) is 11.9 Å². The van der Waals surface area contributed by atoms with Gasteiger partial charge in [-0.3, -0.25) is 4.90 Å². The van der Waals surface area contributed by atoms with E-state index in [2.05, 4.69) is 68.4 Å². The summed E-state index contributed by atoms with van der Waals surface area (Å²) < 4.78 is 11.6. The first-order chi connectivity index (χ1) is 13.6. The largest absolute Gasteiger partial charge is 0.488 e. The molecule has 0 radical (unpaired) electrons. The average molecular weight is 518 g/mol. The highest BCUT2D eigenvalue weighted by molar-refractivity contribution is 14.0. The Balaban J connectivity index is 0.00000420. The summed E-state index contributed by atoms with van der Waals surface area (Å²) in [5.74, 6) is 1.77. The van der Waals surface area contributed by atoms with Crippen LogP contribution in [0.5, 0.6) is 5.75 Å². The molecule has 1 fully saturated rings. The van der Waals surface area contributed by atoms with Crippen molar-refractivity contribution in [2.45, 2.75) is 59.7 Å². The van der Waals surface area contributed by atoms with E-state index in [1.807, 2.05) is 0 Å². The molecule has 7 heteroatoms. The Labute approximate surface area is 193 Å². The first-order valence-corrected chi connectivity index (χ1v) is 10.7. The smallest absolute Gasteiger partial charge is 0.191 e. The first-order valence-electron chi connectivity index (χ1n) is 10.7. The number of nitrogens with zero attached hydrogens (tertiary/aromatic N) is 2. The van der Waals surface area contributed by atoms with Gasteiger partial charge in [0.25, 0.3) is 0 Å². The monoisotopic (exact) mass is 518 g/mol. The summed E-state index contributed by atoms with van der Waals surface area (Å²) in [5.41, 5.74) is 2.30. The third kappa shape index (κ3) is 8.68. The third-order valence-corrected chi connectivity index (χ3v) is 5.16. The van der Waals surface area contributed by atoms with Crippen LogP contribution < -0.4 is 15.4 Å². The lowest BCUT2D eigenvalue weighted by Gasteiger charge is -2.27. The zero-order chi connectivity index (χ0) is 20.4. The zero-order valence-electron chi connectivity index (χ0n) is 18.7. The van der Waals surface area contributed by atoms with Gasteiger partial charge in [0.2, 0.25) is 0 Å². The van der Waals surface area contributed by atoms with Gasteiger partial charge in [-0.15, -0.1) is 24.0 Å². The van der Waals surface area contributed by atoms with Crippen LogP contribution in [-0.2, 0) is 11.3 Å². The molecule has 1 aliphatic rings. The lowest BCUT2D eigenvalue weighted by atomic mass is 10.1. The highest BCUT2D eigenvalue weighted by Crippen LogP contribution is 2.24. The summed E-state index contributed by atoms with van der Waals surface area (Å²) in [7, 11) is 0. The number of guanidine groups is 1. The third-order valence-electron chi connectivity index (χ3n) is 5.16. The zero-order valence-corrected chi connectivity index (χ0v) is 21.0. The van der Waals surface area contributed by atoms with Crippen LogP contribution in [0.15, 0.2) is 23.2 Å². The molecule has 2 N–H and O–H groups in total. The lowest BCUT2D eigenvalue weighted by Crippen LogP contribution is -2.46. The number of hydrogen-bond donors (Lipinski definition) is 2. The topological polar surface area (TPSA) is 58.1 Å². The summed E-state index contributed by atoms with van der Waals surface area (Å²) in [6.45, 7) is 16.7. The van der Waals surface area contributed by atoms with E-state index >= 15 is 0 Å². The Morgan fingerprint density at radius 2 is 2.03 bits per heavy atom. The molecule has 0 amide bonds. The molecular formula is C22H39IN4O2. The van der Waals surface area contributed by atoms with E-state index in [4.69, 9.17) is 14.5 Å². The highest BCUT2D eigenvalue weighted by atomic mass is 127. The fraction of sp³-hybridized carbons (Fsp3) is 0.682. The van der Waals surface area contributed by atoms with Crippen LogP contribution in [0.4, 0.5) is 0 Å². The summed E-state index contributed by atoms with van der Waals surface area (Å²) in [6, 6.07) is 6.79. The molecule has 2 rings (SSSR count). The van der Waals surface area contributed by atoms with Gasteiger partial charge >= 0.3 is 0 Å². The molecule has 2 unspecified atom stereocenters. The minimum absolute atomic E-state index is 0. The van der Waals surface area contributed by atoms with Crippen LogP contribution in [0.3, 0.4) is 0 Å². The molecule has 2 atom stereocenters. The van der Waals surface area contributed by atoms with E-state index in [1.54, 1.807) is 0 Å². The second-order valence-corrected chi connectivity index (χ2v) is 7.36. The van der Waals surface area contributed by atoms with Gasteiger partial charge in [-0.05, 0) is 45.5 Å². The van der Waals surface area contributed by atoms with Crippen molar-refractivity contribution in [2.75, 3.05) is 39.4 Å². The molecule has 0 aromatic heterocycles. The second kappa shape index (κ2) is 14.0. The Hall–Kier alpha value is -1.06. The van der Waals surface area contributed by atoms with E-state index in [9.17, 15) is 0 Å². The van der Waals surface area contributed by atoms with Crippen LogP contribution in [0, 0.1) is 6.92 Å². The van der Waals surface area contributed by atoms with Gasteiger partial charge in [-0.1, -0.05) is 26.0 Å². The fourth-order valence-electron chi connectivity index (χ4n) is 3.41. The Bertz CT molecular complexity index is 617. The van der Waals surface area contributed by atoms with Crippen LogP contribution in [0.1, 0.15) is 45.2 Å². The van der Waals surface area contributed by atoms with Crippen LogP contribution in [0.2, 0.25) is 0 Å². The van der Waals surface area contributed by atoms with Gasteiger partial charge in [0.05, 0.1) is 19.8 Å². The molecular weight excluding hydrogens is 479 g/mol. The molecule has 1 saturated heterocycles. The van der Waals surface area contributed by atoms with Crippen LogP contribution >= 0.6 is 24.0 Å². The molecule has 1 aromatic carbocycles. The number of ether oxygens (including phenoxy) is 2. The van der Waals surface area contributed by atoms with E-state index in [1.165, 1.54) is 5.56 Å². The number of hydrogen-bond acceptors (Lipinski definition) is 4. The van der Waals surface area contributed by atoms with Crippen molar-refractivity contribution >= 4 is 29.9 Å². The highest BCUT2D eigenvalue weighted by Gasteiger charge is 2.18. The van der Waals surface area contributed by atoms with E-state index in [0.29, 0.717) is 19.2 Å². The van der Waals surface area contributed by atoms with E-state index in [-0.39, 0.29) is 30.1 Å². The number of likely N-dealkylation sites (N-methyl/N-ethyl adjacent to an activating group) is 1. The fourth-order valence-corrected chi connectivity index (χ4v) is 3.41. The summed E-state index contributed by atoms with van der Waals surface area (Å²) in [4.78, 5) is 7.23. The normalized spacial score (nSPS) is 17.7. The molecule has 166 valence electrons. The van der Waals surface area contributed by atoms with Gasteiger partial charge in [-0.2, -0.15) is 0 Å². The molecule has 1 aliphatic heterocycles.